The molecular formula is C20H18F3N3O2. The molecule has 0 bridgehead atoms. The number of anilines is 1. The molecule has 1 saturated heterocycles. The number of benzene rings is 2. The van der Waals surface area contributed by atoms with Crippen LogP contribution in [-0.4, -0.2) is 35.6 Å². The first kappa shape index (κ1) is 18.4. The zero-order chi connectivity index (χ0) is 19.7. The van der Waals surface area contributed by atoms with E-state index >= 15 is 0 Å². The third-order valence-corrected chi connectivity index (χ3v) is 4.77. The van der Waals surface area contributed by atoms with Crippen LogP contribution in [0.4, 0.5) is 23.7 Å². The summed E-state index contributed by atoms with van der Waals surface area (Å²) in [6, 6.07) is 12.1. The Kier molecular flexibility index (Phi) is 4.72. The molecule has 146 valence electrons. The Morgan fingerprint density at radius 3 is 2.68 bits per heavy atom. The van der Waals surface area contributed by atoms with Crippen LogP contribution in [0.1, 0.15) is 17.2 Å². The molecule has 1 aliphatic heterocycles. The lowest BCUT2D eigenvalue weighted by Crippen LogP contribution is -2.44. The molecule has 4 rings (SSSR count). The molecule has 1 atom stereocenters. The molecule has 8 heteroatoms. The molecule has 1 unspecified atom stereocenters. The van der Waals surface area contributed by atoms with E-state index in [9.17, 15) is 18.0 Å². The third-order valence-electron chi connectivity index (χ3n) is 4.77. The molecule has 2 aromatic carbocycles. The van der Waals surface area contributed by atoms with Crippen LogP contribution in [0.3, 0.4) is 0 Å². The van der Waals surface area contributed by atoms with E-state index in [1.165, 1.54) is 12.1 Å². The summed E-state index contributed by atoms with van der Waals surface area (Å²) in [7, 11) is 0. The van der Waals surface area contributed by atoms with Crippen molar-refractivity contribution >= 4 is 22.6 Å². The number of halogens is 3. The molecule has 0 saturated carbocycles. The summed E-state index contributed by atoms with van der Waals surface area (Å²) < 4.78 is 43.8. The summed E-state index contributed by atoms with van der Waals surface area (Å²) in [6.07, 6.45) is -3.01. The number of amides is 2. The highest BCUT2D eigenvalue weighted by Crippen LogP contribution is 2.31. The maximum Gasteiger partial charge on any atom is 0.416 e. The number of aromatic amines is 1. The number of hydrogen-bond acceptors (Lipinski definition) is 2. The highest BCUT2D eigenvalue weighted by atomic mass is 19.4. The van der Waals surface area contributed by atoms with E-state index in [4.69, 9.17) is 4.74 Å². The Morgan fingerprint density at radius 1 is 1.14 bits per heavy atom. The number of rotatable bonds is 2. The van der Waals surface area contributed by atoms with Gasteiger partial charge in [0.1, 0.15) is 6.10 Å². The number of alkyl halides is 3. The average Bonchev–Trinajstić information content (AvgIpc) is 3.15. The molecule has 1 fully saturated rings. The van der Waals surface area contributed by atoms with Crippen LogP contribution in [0.5, 0.6) is 0 Å². The van der Waals surface area contributed by atoms with Gasteiger partial charge in [0.15, 0.2) is 0 Å². The number of fused-ring (bicyclic) bond motifs is 1. The van der Waals surface area contributed by atoms with Gasteiger partial charge in [-0.05, 0) is 42.0 Å². The van der Waals surface area contributed by atoms with Crippen molar-refractivity contribution in [1.82, 2.24) is 9.88 Å². The third kappa shape index (κ3) is 3.82. The van der Waals surface area contributed by atoms with Gasteiger partial charge in [-0.2, -0.15) is 13.2 Å². The minimum atomic E-state index is -4.38. The molecule has 28 heavy (non-hydrogen) atoms. The first-order chi connectivity index (χ1) is 13.4. The predicted molar refractivity (Wildman–Crippen MR) is 99.0 cm³/mol. The van der Waals surface area contributed by atoms with Crippen LogP contribution in [0, 0.1) is 0 Å². The number of ether oxygens (including phenoxy) is 1. The van der Waals surface area contributed by atoms with Crippen LogP contribution >= 0.6 is 0 Å². The Balaban J connectivity index is 1.43. The van der Waals surface area contributed by atoms with E-state index in [1.54, 1.807) is 4.90 Å². The maximum absolute atomic E-state index is 12.7. The molecule has 0 radical (unpaired) electrons. The SMILES string of the molecule is O=C(Nc1ccc2[nH]ccc2c1)N1CCOC(c2ccc(C(F)(F)F)cc2)C1. The van der Waals surface area contributed by atoms with Crippen molar-refractivity contribution in [3.8, 4) is 0 Å². The number of aromatic nitrogens is 1. The number of carbonyl (C=O) groups is 1. The molecule has 0 spiro atoms. The largest absolute Gasteiger partial charge is 0.416 e. The zero-order valence-electron chi connectivity index (χ0n) is 14.8. The van der Waals surface area contributed by atoms with Crippen LogP contribution in [0.15, 0.2) is 54.7 Å². The molecule has 3 aromatic rings. The fourth-order valence-electron chi connectivity index (χ4n) is 3.26. The molecule has 5 nitrogen and oxygen atoms in total. The van der Waals surface area contributed by atoms with Gasteiger partial charge in [-0.3, -0.25) is 0 Å². The number of morpholine rings is 1. The lowest BCUT2D eigenvalue weighted by molar-refractivity contribution is -0.137. The number of carbonyl (C=O) groups excluding carboxylic acids is 1. The second-order valence-electron chi connectivity index (χ2n) is 6.64. The van der Waals surface area contributed by atoms with Gasteiger partial charge >= 0.3 is 12.2 Å². The monoisotopic (exact) mass is 389 g/mol. The fourth-order valence-corrected chi connectivity index (χ4v) is 3.26. The smallest absolute Gasteiger partial charge is 0.370 e. The minimum absolute atomic E-state index is 0.267. The number of hydrogen-bond donors (Lipinski definition) is 2. The fraction of sp³-hybridized carbons (Fsp3) is 0.250. The van der Waals surface area contributed by atoms with Crippen LogP contribution in [0.25, 0.3) is 10.9 Å². The summed E-state index contributed by atoms with van der Waals surface area (Å²) in [4.78, 5) is 17.3. The van der Waals surface area contributed by atoms with Crippen molar-refractivity contribution in [3.63, 3.8) is 0 Å². The standard InChI is InChI=1S/C20H18F3N3O2/c21-20(22,23)15-3-1-13(2-4-15)18-12-26(9-10-28-18)19(27)25-16-5-6-17-14(11-16)7-8-24-17/h1-8,11,18,24H,9-10,12H2,(H,25,27). The lowest BCUT2D eigenvalue weighted by atomic mass is 10.1. The molecule has 0 aliphatic carbocycles. The Labute approximate surface area is 159 Å². The Morgan fingerprint density at radius 2 is 1.93 bits per heavy atom. The lowest BCUT2D eigenvalue weighted by Gasteiger charge is -2.33. The normalized spacial score (nSPS) is 17.7. The van der Waals surface area contributed by atoms with Crippen LogP contribution in [0.2, 0.25) is 0 Å². The van der Waals surface area contributed by atoms with Crippen molar-refractivity contribution in [2.45, 2.75) is 12.3 Å². The van der Waals surface area contributed by atoms with Crippen molar-refractivity contribution < 1.29 is 22.7 Å². The first-order valence-electron chi connectivity index (χ1n) is 8.82. The van der Waals surface area contributed by atoms with Crippen LogP contribution in [-0.2, 0) is 10.9 Å². The van der Waals surface area contributed by atoms with Gasteiger partial charge in [0.2, 0.25) is 0 Å². The number of urea groups is 1. The summed E-state index contributed by atoms with van der Waals surface area (Å²) in [6.45, 7) is 0.995. The molecule has 1 aromatic heterocycles. The van der Waals surface area contributed by atoms with Crippen molar-refractivity contribution in [2.75, 3.05) is 25.0 Å². The first-order valence-corrected chi connectivity index (χ1v) is 8.82. The Hall–Kier alpha value is -3.00. The second-order valence-corrected chi connectivity index (χ2v) is 6.64. The zero-order valence-corrected chi connectivity index (χ0v) is 14.8. The molecule has 2 heterocycles. The summed E-state index contributed by atoms with van der Waals surface area (Å²) in [5.41, 5.74) is 1.56. The van der Waals surface area contributed by atoms with Gasteiger partial charge in [0.25, 0.3) is 0 Å². The van der Waals surface area contributed by atoms with Gasteiger partial charge in [-0.1, -0.05) is 12.1 Å². The topological polar surface area (TPSA) is 57.4 Å². The minimum Gasteiger partial charge on any atom is -0.370 e. The molecule has 2 N–H and O–H groups in total. The second kappa shape index (κ2) is 7.20. The van der Waals surface area contributed by atoms with Gasteiger partial charge in [0.05, 0.1) is 18.7 Å². The van der Waals surface area contributed by atoms with E-state index < -0.39 is 17.8 Å². The van der Waals surface area contributed by atoms with Gasteiger partial charge < -0.3 is 19.9 Å². The average molecular weight is 389 g/mol. The van der Waals surface area contributed by atoms with Gasteiger partial charge in [-0.25, -0.2) is 4.79 Å². The van der Waals surface area contributed by atoms with Crippen molar-refractivity contribution in [1.29, 1.82) is 0 Å². The molecular weight excluding hydrogens is 371 g/mol. The Bertz CT molecular complexity index is 982. The molecule has 2 amide bonds. The number of H-pyrrole nitrogens is 1. The van der Waals surface area contributed by atoms with E-state index in [2.05, 4.69) is 10.3 Å². The predicted octanol–water partition coefficient (Wildman–Crippen LogP) is 4.79. The summed E-state index contributed by atoms with van der Waals surface area (Å²) in [5.74, 6) is 0. The van der Waals surface area contributed by atoms with E-state index in [-0.39, 0.29) is 12.6 Å². The maximum atomic E-state index is 12.7. The van der Waals surface area contributed by atoms with Gasteiger partial charge in [0, 0.05) is 29.3 Å². The van der Waals surface area contributed by atoms with E-state index in [0.29, 0.717) is 24.4 Å². The van der Waals surface area contributed by atoms with Crippen LogP contribution < -0.4 is 5.32 Å². The summed E-state index contributed by atoms with van der Waals surface area (Å²) >= 11 is 0. The van der Waals surface area contributed by atoms with Crippen molar-refractivity contribution in [3.05, 3.63) is 65.9 Å². The number of nitrogens with one attached hydrogen (secondary N) is 2. The highest BCUT2D eigenvalue weighted by Gasteiger charge is 2.31. The highest BCUT2D eigenvalue weighted by molar-refractivity contribution is 5.92. The molecule has 1 aliphatic rings. The van der Waals surface area contributed by atoms with E-state index in [1.807, 2.05) is 30.5 Å². The number of nitrogens with zero attached hydrogens (tertiary/aromatic N) is 1. The quantitative estimate of drug-likeness (QED) is 0.662. The summed E-state index contributed by atoms with van der Waals surface area (Å²) in [5, 5.41) is 3.85. The van der Waals surface area contributed by atoms with E-state index in [0.717, 1.165) is 23.0 Å². The van der Waals surface area contributed by atoms with Gasteiger partial charge in [-0.15, -0.1) is 0 Å². The van der Waals surface area contributed by atoms with Crippen molar-refractivity contribution in [2.24, 2.45) is 0 Å².